The van der Waals surface area contributed by atoms with Crippen LogP contribution in [0.3, 0.4) is 0 Å². The molecule has 2 aromatic heterocycles. The van der Waals surface area contributed by atoms with Gasteiger partial charge in [0.15, 0.2) is 0 Å². The molecule has 1 N–H and O–H groups in total. The molecule has 0 saturated carbocycles. The molecular weight excluding hydrogens is 412 g/mol. The summed E-state index contributed by atoms with van der Waals surface area (Å²) in [5, 5.41) is 5.18. The van der Waals surface area contributed by atoms with Crippen molar-refractivity contribution in [2.45, 2.75) is 19.4 Å². The van der Waals surface area contributed by atoms with Crippen molar-refractivity contribution in [3.63, 3.8) is 0 Å². The summed E-state index contributed by atoms with van der Waals surface area (Å²) in [6, 6.07) is 22.1. The number of rotatable bonds is 6. The number of hydrogen-bond donors (Lipinski definition) is 1. The van der Waals surface area contributed by atoms with Gasteiger partial charge in [-0.25, -0.2) is 4.98 Å². The molecule has 6 nitrogen and oxygen atoms in total. The fourth-order valence-electron chi connectivity index (χ4n) is 4.45. The average Bonchev–Trinajstić information content (AvgIpc) is 3.37. The first-order valence-corrected chi connectivity index (χ1v) is 11.4. The van der Waals surface area contributed by atoms with Gasteiger partial charge in [0.25, 0.3) is 5.91 Å². The molecule has 5 rings (SSSR count). The second kappa shape index (κ2) is 9.36. The molecule has 1 amide bonds. The fourth-order valence-corrected chi connectivity index (χ4v) is 4.45. The minimum Gasteiger partial charge on any atom is -0.469 e. The number of benzene rings is 2. The summed E-state index contributed by atoms with van der Waals surface area (Å²) in [6.07, 6.45) is 4.17. The van der Waals surface area contributed by atoms with Crippen LogP contribution in [-0.4, -0.2) is 43.1 Å². The molecule has 1 atom stereocenters. The first-order chi connectivity index (χ1) is 16.2. The van der Waals surface area contributed by atoms with E-state index in [1.165, 1.54) is 5.69 Å². The highest BCUT2D eigenvalue weighted by Crippen LogP contribution is 2.27. The molecule has 4 aromatic rings. The zero-order valence-corrected chi connectivity index (χ0v) is 18.8. The molecule has 6 heteroatoms. The molecule has 0 spiro atoms. The van der Waals surface area contributed by atoms with E-state index in [1.54, 1.807) is 6.26 Å². The number of piperazine rings is 1. The SMILES string of the molecule is C[C@H](Cc1ccco1)NC(=O)c1ccc2ccnc(N3CCN(c4ccccc4)CC3)c2c1. The van der Waals surface area contributed by atoms with E-state index in [2.05, 4.69) is 39.4 Å². The van der Waals surface area contributed by atoms with Gasteiger partial charge in [-0.1, -0.05) is 24.3 Å². The molecule has 1 saturated heterocycles. The highest BCUT2D eigenvalue weighted by Gasteiger charge is 2.21. The van der Waals surface area contributed by atoms with E-state index in [0.717, 1.165) is 48.5 Å². The number of anilines is 2. The van der Waals surface area contributed by atoms with Crippen molar-refractivity contribution >= 4 is 28.2 Å². The Morgan fingerprint density at radius 1 is 1.00 bits per heavy atom. The first-order valence-electron chi connectivity index (χ1n) is 11.4. The smallest absolute Gasteiger partial charge is 0.251 e. The minimum absolute atomic E-state index is 0.0289. The number of aromatic nitrogens is 1. The number of hydrogen-bond acceptors (Lipinski definition) is 5. The minimum atomic E-state index is -0.0837. The predicted molar refractivity (Wildman–Crippen MR) is 132 cm³/mol. The third-order valence-corrected chi connectivity index (χ3v) is 6.17. The summed E-state index contributed by atoms with van der Waals surface area (Å²) in [7, 11) is 0. The van der Waals surface area contributed by atoms with Gasteiger partial charge in [0.1, 0.15) is 11.6 Å². The van der Waals surface area contributed by atoms with Crippen LogP contribution in [0, 0.1) is 0 Å². The van der Waals surface area contributed by atoms with Crippen LogP contribution in [0.1, 0.15) is 23.0 Å². The van der Waals surface area contributed by atoms with Crippen molar-refractivity contribution in [2.24, 2.45) is 0 Å². The van der Waals surface area contributed by atoms with Gasteiger partial charge in [0, 0.05) is 61.5 Å². The average molecular weight is 441 g/mol. The van der Waals surface area contributed by atoms with E-state index >= 15 is 0 Å². The molecule has 1 aliphatic rings. The van der Waals surface area contributed by atoms with E-state index in [9.17, 15) is 4.79 Å². The first kappa shape index (κ1) is 21.1. The molecule has 3 heterocycles. The monoisotopic (exact) mass is 440 g/mol. The maximum atomic E-state index is 12.9. The number of pyridine rings is 1. The molecule has 0 radical (unpaired) electrons. The van der Waals surface area contributed by atoms with Crippen LogP contribution < -0.4 is 15.1 Å². The number of nitrogens with one attached hydrogen (secondary N) is 1. The van der Waals surface area contributed by atoms with Gasteiger partial charge >= 0.3 is 0 Å². The van der Waals surface area contributed by atoms with E-state index in [-0.39, 0.29) is 11.9 Å². The molecule has 1 aliphatic heterocycles. The summed E-state index contributed by atoms with van der Waals surface area (Å²) in [5.41, 5.74) is 1.90. The van der Waals surface area contributed by atoms with Crippen molar-refractivity contribution < 1.29 is 9.21 Å². The van der Waals surface area contributed by atoms with Crippen LogP contribution in [0.4, 0.5) is 11.5 Å². The second-order valence-corrected chi connectivity index (χ2v) is 8.54. The van der Waals surface area contributed by atoms with Gasteiger partial charge in [-0.15, -0.1) is 0 Å². The number of carbonyl (C=O) groups excluding carboxylic acids is 1. The lowest BCUT2D eigenvalue weighted by molar-refractivity contribution is 0.0939. The van der Waals surface area contributed by atoms with Gasteiger partial charge < -0.3 is 19.5 Å². The summed E-state index contributed by atoms with van der Waals surface area (Å²) in [6.45, 7) is 5.63. The Kier molecular flexibility index (Phi) is 5.98. The van der Waals surface area contributed by atoms with Crippen molar-refractivity contribution in [1.82, 2.24) is 10.3 Å². The number of carbonyl (C=O) groups is 1. The highest BCUT2D eigenvalue weighted by molar-refractivity contribution is 6.01. The van der Waals surface area contributed by atoms with Gasteiger partial charge in [-0.2, -0.15) is 0 Å². The van der Waals surface area contributed by atoms with Crippen LogP contribution in [0.2, 0.25) is 0 Å². The number of furan rings is 1. The zero-order valence-electron chi connectivity index (χ0n) is 18.8. The lowest BCUT2D eigenvalue weighted by Crippen LogP contribution is -2.46. The topological polar surface area (TPSA) is 61.6 Å². The lowest BCUT2D eigenvalue weighted by Gasteiger charge is -2.37. The Balaban J connectivity index is 1.32. The fraction of sp³-hybridized carbons (Fsp3) is 0.259. The Morgan fingerprint density at radius 3 is 2.55 bits per heavy atom. The maximum absolute atomic E-state index is 12.9. The van der Waals surface area contributed by atoms with Crippen molar-refractivity contribution in [2.75, 3.05) is 36.0 Å². The van der Waals surface area contributed by atoms with E-state index < -0.39 is 0 Å². The Bertz CT molecular complexity index is 1220. The van der Waals surface area contributed by atoms with E-state index in [1.807, 2.05) is 55.6 Å². The molecule has 2 aromatic carbocycles. The van der Waals surface area contributed by atoms with Crippen molar-refractivity contribution in [3.8, 4) is 0 Å². The zero-order chi connectivity index (χ0) is 22.6. The summed E-state index contributed by atoms with van der Waals surface area (Å²) in [4.78, 5) is 22.4. The normalized spacial score (nSPS) is 14.9. The van der Waals surface area contributed by atoms with Crippen LogP contribution in [0.15, 0.2) is 83.6 Å². The van der Waals surface area contributed by atoms with Crippen molar-refractivity contribution in [1.29, 1.82) is 0 Å². The van der Waals surface area contributed by atoms with Gasteiger partial charge in [-0.05, 0) is 54.8 Å². The summed E-state index contributed by atoms with van der Waals surface area (Å²) in [5.74, 6) is 1.72. The quantitative estimate of drug-likeness (QED) is 0.478. The van der Waals surface area contributed by atoms with E-state index in [4.69, 9.17) is 9.40 Å². The van der Waals surface area contributed by atoms with Gasteiger partial charge in [0.2, 0.25) is 0 Å². The predicted octanol–water partition coefficient (Wildman–Crippen LogP) is 4.52. The molecule has 33 heavy (non-hydrogen) atoms. The van der Waals surface area contributed by atoms with Crippen LogP contribution in [-0.2, 0) is 6.42 Å². The number of para-hydroxylation sites is 1. The summed E-state index contributed by atoms with van der Waals surface area (Å²) < 4.78 is 5.40. The molecule has 1 fully saturated rings. The number of nitrogens with zero attached hydrogens (tertiary/aromatic N) is 3. The lowest BCUT2D eigenvalue weighted by atomic mass is 10.1. The van der Waals surface area contributed by atoms with Crippen LogP contribution in [0.5, 0.6) is 0 Å². The van der Waals surface area contributed by atoms with Gasteiger partial charge in [0.05, 0.1) is 6.26 Å². The van der Waals surface area contributed by atoms with Crippen molar-refractivity contribution in [3.05, 3.63) is 90.5 Å². The van der Waals surface area contributed by atoms with E-state index in [0.29, 0.717) is 12.0 Å². The number of fused-ring (bicyclic) bond motifs is 1. The highest BCUT2D eigenvalue weighted by atomic mass is 16.3. The Labute approximate surface area is 193 Å². The largest absolute Gasteiger partial charge is 0.469 e. The Hall–Kier alpha value is -3.80. The van der Waals surface area contributed by atoms with Crippen LogP contribution >= 0.6 is 0 Å². The molecule has 0 unspecified atom stereocenters. The summed E-state index contributed by atoms with van der Waals surface area (Å²) >= 11 is 0. The Morgan fingerprint density at radius 2 is 1.79 bits per heavy atom. The maximum Gasteiger partial charge on any atom is 0.251 e. The van der Waals surface area contributed by atoms with Gasteiger partial charge in [-0.3, -0.25) is 4.79 Å². The molecule has 0 bridgehead atoms. The second-order valence-electron chi connectivity index (χ2n) is 8.54. The molecule has 0 aliphatic carbocycles. The third-order valence-electron chi connectivity index (χ3n) is 6.17. The third kappa shape index (κ3) is 4.70. The van der Waals surface area contributed by atoms with Crippen LogP contribution in [0.25, 0.3) is 10.8 Å². The molecular formula is C27H28N4O2. The standard InChI is InChI=1S/C27H28N4O2/c1-20(18-24-8-5-17-33-24)29-27(32)22-10-9-21-11-12-28-26(25(21)19-22)31-15-13-30(14-16-31)23-6-3-2-4-7-23/h2-12,17,19-20H,13-16,18H2,1H3,(H,29,32)/t20-/m1/s1. The molecule has 168 valence electrons. The number of amides is 1.